The van der Waals surface area contributed by atoms with Crippen molar-refractivity contribution in [3.05, 3.63) is 27.3 Å². The number of carbonyl (C=O) groups is 1. The molecule has 1 aromatic carbocycles. The van der Waals surface area contributed by atoms with Crippen LogP contribution in [-0.4, -0.2) is 42.3 Å². The fourth-order valence-corrected chi connectivity index (χ4v) is 4.30. The SMILES string of the molecule is CC(C)C1(Oc2cc(C(=O)OCCC(F)(F)C(F)(F)S(=O)(=O)[O-])ccc2I)CCCC1. The third-order valence-corrected chi connectivity index (χ3v) is 7.19. The van der Waals surface area contributed by atoms with Gasteiger partial charge in [-0.05, 0) is 72.4 Å². The molecule has 1 fully saturated rings. The molecule has 1 aliphatic rings. The lowest BCUT2D eigenvalue weighted by Gasteiger charge is -2.34. The van der Waals surface area contributed by atoms with Crippen LogP contribution in [0.3, 0.4) is 0 Å². The largest absolute Gasteiger partial charge is 0.743 e. The van der Waals surface area contributed by atoms with Crippen LogP contribution in [0.2, 0.25) is 0 Å². The van der Waals surface area contributed by atoms with Gasteiger partial charge in [-0.1, -0.05) is 13.8 Å². The molecule has 0 unspecified atom stereocenters. The van der Waals surface area contributed by atoms with E-state index in [1.807, 2.05) is 36.4 Å². The number of rotatable bonds is 9. The highest BCUT2D eigenvalue weighted by Crippen LogP contribution is 2.42. The summed E-state index contributed by atoms with van der Waals surface area (Å²) in [7, 11) is -6.59. The molecule has 0 amide bonds. The fraction of sp³-hybridized carbons (Fsp3) is 0.632. The van der Waals surface area contributed by atoms with Crippen LogP contribution >= 0.6 is 22.6 Å². The third kappa shape index (κ3) is 5.62. The smallest absolute Gasteiger partial charge is 0.396 e. The second-order valence-corrected chi connectivity index (χ2v) is 10.3. The van der Waals surface area contributed by atoms with E-state index in [-0.39, 0.29) is 17.1 Å². The summed E-state index contributed by atoms with van der Waals surface area (Å²) in [5.41, 5.74) is -0.432. The minimum absolute atomic E-state index is 0.0427. The zero-order valence-electron chi connectivity index (χ0n) is 16.8. The lowest BCUT2D eigenvalue weighted by atomic mass is 9.88. The van der Waals surface area contributed by atoms with Crippen LogP contribution in [0.1, 0.15) is 56.3 Å². The number of hydrogen-bond donors (Lipinski definition) is 0. The molecule has 0 atom stereocenters. The van der Waals surface area contributed by atoms with Crippen molar-refractivity contribution in [3.63, 3.8) is 0 Å². The Hall–Kier alpha value is -1.15. The fourth-order valence-electron chi connectivity index (χ4n) is 3.38. The van der Waals surface area contributed by atoms with Crippen molar-refractivity contribution in [1.82, 2.24) is 0 Å². The zero-order valence-corrected chi connectivity index (χ0v) is 19.8. The number of carbonyl (C=O) groups excluding carboxylic acids is 1. The number of alkyl halides is 4. The van der Waals surface area contributed by atoms with Crippen molar-refractivity contribution < 1.29 is 44.8 Å². The van der Waals surface area contributed by atoms with Gasteiger partial charge in [0.25, 0.3) is 0 Å². The highest BCUT2D eigenvalue weighted by molar-refractivity contribution is 14.1. The Balaban J connectivity index is 2.09. The Labute approximate surface area is 191 Å². The lowest BCUT2D eigenvalue weighted by molar-refractivity contribution is -0.168. The van der Waals surface area contributed by atoms with E-state index in [1.54, 1.807) is 6.07 Å². The van der Waals surface area contributed by atoms with Gasteiger partial charge < -0.3 is 14.0 Å². The van der Waals surface area contributed by atoms with Crippen molar-refractivity contribution in [1.29, 1.82) is 0 Å². The van der Waals surface area contributed by atoms with E-state index in [1.165, 1.54) is 12.1 Å². The van der Waals surface area contributed by atoms with Gasteiger partial charge in [0.2, 0.25) is 0 Å². The first-order chi connectivity index (χ1) is 14.1. The molecule has 31 heavy (non-hydrogen) atoms. The molecule has 1 aromatic rings. The van der Waals surface area contributed by atoms with Crippen LogP contribution in [0.25, 0.3) is 0 Å². The van der Waals surface area contributed by atoms with Gasteiger partial charge in [0.15, 0.2) is 10.1 Å². The second kappa shape index (κ2) is 9.38. The molecule has 0 heterocycles. The van der Waals surface area contributed by atoms with E-state index in [4.69, 9.17) is 4.74 Å². The summed E-state index contributed by atoms with van der Waals surface area (Å²) >= 11 is 2.03. The zero-order chi connectivity index (χ0) is 23.7. The number of hydrogen-bond acceptors (Lipinski definition) is 6. The van der Waals surface area contributed by atoms with Crippen molar-refractivity contribution in [2.75, 3.05) is 6.61 Å². The topological polar surface area (TPSA) is 92.7 Å². The Morgan fingerprint density at radius 3 is 2.32 bits per heavy atom. The molecular weight excluding hydrogens is 559 g/mol. The van der Waals surface area contributed by atoms with E-state index in [0.717, 1.165) is 25.7 Å². The number of esters is 1. The number of halogens is 5. The molecule has 0 aliphatic heterocycles. The van der Waals surface area contributed by atoms with Gasteiger partial charge in [-0.25, -0.2) is 13.2 Å². The molecule has 1 saturated carbocycles. The standard InChI is InChI=1S/C19H23F4IO6S/c1-12(2)17(7-3-4-8-17)30-15-11-13(5-6-14(15)24)16(25)29-10-9-18(20,21)19(22,23)31(26,27)28/h5-6,11-12H,3-4,7-10H2,1-2H3,(H,26,27,28)/p-1. The van der Waals surface area contributed by atoms with Gasteiger partial charge in [0, 0.05) is 0 Å². The van der Waals surface area contributed by atoms with Crippen LogP contribution in [-0.2, 0) is 14.9 Å². The predicted octanol–water partition coefficient (Wildman–Crippen LogP) is 4.96. The summed E-state index contributed by atoms with van der Waals surface area (Å²) in [6, 6.07) is 4.33. The first-order valence-corrected chi connectivity index (χ1v) is 12.0. The predicted molar refractivity (Wildman–Crippen MR) is 110 cm³/mol. The van der Waals surface area contributed by atoms with E-state index < -0.39 is 40.3 Å². The molecule has 1 aliphatic carbocycles. The molecule has 176 valence electrons. The minimum atomic E-state index is -6.59. The monoisotopic (exact) mass is 581 g/mol. The number of benzene rings is 1. The van der Waals surface area contributed by atoms with E-state index >= 15 is 0 Å². The van der Waals surface area contributed by atoms with Crippen molar-refractivity contribution >= 4 is 38.7 Å². The summed E-state index contributed by atoms with van der Waals surface area (Å²) in [4.78, 5) is 12.2. The molecular formula is C19H22F4IO6S-. The van der Waals surface area contributed by atoms with Crippen molar-refractivity contribution in [2.24, 2.45) is 5.92 Å². The average Bonchev–Trinajstić information content (AvgIpc) is 3.12. The summed E-state index contributed by atoms with van der Waals surface area (Å²) in [5.74, 6) is -5.64. The van der Waals surface area contributed by atoms with Crippen LogP contribution in [0.5, 0.6) is 5.75 Å². The van der Waals surface area contributed by atoms with Gasteiger partial charge in [0.1, 0.15) is 11.4 Å². The summed E-state index contributed by atoms with van der Waals surface area (Å²) in [6.45, 7) is 2.86. The maximum Gasteiger partial charge on any atom is 0.396 e. The Kier molecular flexibility index (Phi) is 7.90. The van der Waals surface area contributed by atoms with Gasteiger partial charge in [-0.3, -0.25) is 0 Å². The van der Waals surface area contributed by atoms with E-state index in [2.05, 4.69) is 4.74 Å². The van der Waals surface area contributed by atoms with Gasteiger partial charge in [-0.2, -0.15) is 17.6 Å². The quantitative estimate of drug-likeness (QED) is 0.177. The molecule has 0 aromatic heterocycles. The second-order valence-electron chi connectivity index (χ2n) is 7.74. The highest BCUT2D eigenvalue weighted by Gasteiger charge is 2.61. The van der Waals surface area contributed by atoms with Crippen LogP contribution in [0, 0.1) is 9.49 Å². The van der Waals surface area contributed by atoms with Crippen LogP contribution < -0.4 is 4.74 Å². The first-order valence-electron chi connectivity index (χ1n) is 9.50. The Morgan fingerprint density at radius 2 is 1.81 bits per heavy atom. The van der Waals surface area contributed by atoms with Crippen LogP contribution in [0.15, 0.2) is 18.2 Å². The molecule has 0 N–H and O–H groups in total. The first kappa shape index (κ1) is 26.1. The molecule has 12 heteroatoms. The Bertz CT molecular complexity index is 914. The molecule has 0 spiro atoms. The molecule has 0 radical (unpaired) electrons. The van der Waals surface area contributed by atoms with Gasteiger partial charge in [0.05, 0.1) is 22.2 Å². The minimum Gasteiger partial charge on any atom is -0.743 e. The number of ether oxygens (including phenoxy) is 2. The summed E-state index contributed by atoms with van der Waals surface area (Å²) in [6.07, 6.45) is 1.88. The van der Waals surface area contributed by atoms with Crippen LogP contribution in [0.4, 0.5) is 17.6 Å². The van der Waals surface area contributed by atoms with E-state index in [0.29, 0.717) is 9.32 Å². The normalized spacial score (nSPS) is 17.1. The van der Waals surface area contributed by atoms with E-state index in [9.17, 15) is 35.3 Å². The summed E-state index contributed by atoms with van der Waals surface area (Å²) < 4.78 is 96.0. The average molecular weight is 581 g/mol. The van der Waals surface area contributed by atoms with Gasteiger partial charge >= 0.3 is 17.1 Å². The molecule has 0 bridgehead atoms. The summed E-state index contributed by atoms with van der Waals surface area (Å²) in [5, 5.41) is -5.82. The molecule has 6 nitrogen and oxygen atoms in total. The highest BCUT2D eigenvalue weighted by atomic mass is 127. The molecule has 0 saturated heterocycles. The third-order valence-electron chi connectivity index (χ3n) is 5.37. The maximum absolute atomic E-state index is 13.5. The van der Waals surface area contributed by atoms with Crippen molar-refractivity contribution in [2.45, 2.75) is 62.7 Å². The molecule has 2 rings (SSSR count). The van der Waals surface area contributed by atoms with Crippen molar-refractivity contribution in [3.8, 4) is 5.75 Å². The maximum atomic E-state index is 13.5. The lowest BCUT2D eigenvalue weighted by Crippen LogP contribution is -2.47. The van der Waals surface area contributed by atoms with Gasteiger partial charge in [-0.15, -0.1) is 0 Å². The Morgan fingerprint density at radius 1 is 1.23 bits per heavy atom.